The number of benzene rings is 1. The highest BCUT2D eigenvalue weighted by Crippen LogP contribution is 2.26. The first-order valence-corrected chi connectivity index (χ1v) is 5.48. The smallest absolute Gasteiger partial charge is 0.138 e. The fraction of sp³-hybridized carbons (Fsp3) is 0.462. The first-order chi connectivity index (χ1) is 7.57. The molecule has 1 saturated heterocycles. The zero-order valence-electron chi connectivity index (χ0n) is 9.33. The van der Waals surface area contributed by atoms with Crippen molar-refractivity contribution in [3.8, 4) is 0 Å². The van der Waals surface area contributed by atoms with E-state index in [4.69, 9.17) is 4.74 Å². The van der Waals surface area contributed by atoms with E-state index in [-0.39, 0.29) is 11.6 Å². The zero-order chi connectivity index (χ0) is 11.6. The van der Waals surface area contributed by atoms with Gasteiger partial charge in [-0.2, -0.15) is 0 Å². The van der Waals surface area contributed by atoms with Crippen molar-refractivity contribution < 1.29 is 13.9 Å². The van der Waals surface area contributed by atoms with E-state index >= 15 is 0 Å². The summed E-state index contributed by atoms with van der Waals surface area (Å²) in [5.74, 6) is -0.0200. The minimum atomic E-state index is -0.469. The lowest BCUT2D eigenvalue weighted by atomic mass is 9.88. The maximum Gasteiger partial charge on any atom is 0.138 e. The van der Waals surface area contributed by atoms with Crippen LogP contribution in [0.2, 0.25) is 0 Å². The summed E-state index contributed by atoms with van der Waals surface area (Å²) in [7, 11) is 0. The van der Waals surface area contributed by atoms with Gasteiger partial charge in [-0.05, 0) is 24.6 Å². The molecule has 1 heterocycles. The van der Waals surface area contributed by atoms with Crippen LogP contribution < -0.4 is 0 Å². The lowest BCUT2D eigenvalue weighted by molar-refractivity contribution is -0.137. The highest BCUT2D eigenvalue weighted by molar-refractivity contribution is 5.80. The van der Waals surface area contributed by atoms with Gasteiger partial charge in [0, 0.05) is 19.3 Å². The summed E-state index contributed by atoms with van der Waals surface area (Å²) < 4.78 is 18.7. The molecule has 1 aromatic rings. The molecule has 1 unspecified atom stereocenters. The van der Waals surface area contributed by atoms with Gasteiger partial charge in [0.15, 0.2) is 0 Å². The number of hydrogen-bond acceptors (Lipinski definition) is 2. The monoisotopic (exact) mass is 222 g/mol. The predicted octanol–water partition coefficient (Wildman–Crippen LogP) is 2.51. The number of carbonyl (C=O) groups excluding carboxylic acids is 1. The molecule has 1 aromatic carbocycles. The number of hydrogen-bond donors (Lipinski definition) is 0. The normalized spacial score (nSPS) is 25.8. The highest BCUT2D eigenvalue weighted by atomic mass is 19.1. The average molecular weight is 222 g/mol. The quantitative estimate of drug-likeness (QED) is 0.768. The Morgan fingerprint density at radius 3 is 3.00 bits per heavy atom. The van der Waals surface area contributed by atoms with Crippen LogP contribution in [0.4, 0.5) is 4.39 Å². The molecular formula is C13H15FO2. The molecule has 0 amide bonds. The Morgan fingerprint density at radius 2 is 2.31 bits per heavy atom. The van der Waals surface area contributed by atoms with Gasteiger partial charge in [0.1, 0.15) is 11.6 Å². The fourth-order valence-electron chi connectivity index (χ4n) is 2.16. The van der Waals surface area contributed by atoms with Crippen LogP contribution in [0, 0.1) is 5.82 Å². The van der Waals surface area contributed by atoms with E-state index in [1.807, 2.05) is 13.0 Å². The molecule has 3 heteroatoms. The molecule has 0 bridgehead atoms. The van der Waals surface area contributed by atoms with Crippen LogP contribution in [0.15, 0.2) is 24.3 Å². The van der Waals surface area contributed by atoms with Crippen LogP contribution >= 0.6 is 0 Å². The lowest BCUT2D eigenvalue weighted by Gasteiger charge is -2.33. The molecule has 1 aliphatic heterocycles. The Hall–Kier alpha value is -1.22. The predicted molar refractivity (Wildman–Crippen MR) is 58.7 cm³/mol. The maximum atomic E-state index is 13.0. The van der Waals surface area contributed by atoms with Gasteiger partial charge < -0.3 is 4.74 Å². The second-order valence-electron chi connectivity index (χ2n) is 4.57. The van der Waals surface area contributed by atoms with Crippen molar-refractivity contribution in [2.75, 3.05) is 6.61 Å². The summed E-state index contributed by atoms with van der Waals surface area (Å²) in [5, 5.41) is 0. The molecule has 1 fully saturated rings. The summed E-state index contributed by atoms with van der Waals surface area (Å²) in [6.07, 6.45) is 1.50. The number of rotatable bonds is 2. The van der Waals surface area contributed by atoms with Crippen LogP contribution in [0.5, 0.6) is 0 Å². The van der Waals surface area contributed by atoms with Crippen LogP contribution in [0.1, 0.15) is 25.3 Å². The zero-order valence-corrected chi connectivity index (χ0v) is 9.33. The Morgan fingerprint density at radius 1 is 1.50 bits per heavy atom. The van der Waals surface area contributed by atoms with Crippen molar-refractivity contribution in [1.82, 2.24) is 0 Å². The Labute approximate surface area is 94.4 Å². The van der Waals surface area contributed by atoms with Crippen molar-refractivity contribution in [3.05, 3.63) is 35.6 Å². The minimum Gasteiger partial charge on any atom is -0.374 e. The number of halogens is 1. The Kier molecular flexibility index (Phi) is 3.06. The first kappa shape index (κ1) is 11.3. The van der Waals surface area contributed by atoms with E-state index in [1.54, 1.807) is 6.07 Å². The molecule has 1 atom stereocenters. The molecule has 0 aromatic heterocycles. The first-order valence-electron chi connectivity index (χ1n) is 5.48. The molecule has 2 rings (SSSR count). The van der Waals surface area contributed by atoms with Gasteiger partial charge in [-0.15, -0.1) is 0 Å². The average Bonchev–Trinajstić information content (AvgIpc) is 2.16. The minimum absolute atomic E-state index is 0.227. The Bertz CT molecular complexity index is 403. The third-order valence-electron chi connectivity index (χ3n) is 2.87. The Balaban J connectivity index is 2.11. The lowest BCUT2D eigenvalue weighted by Crippen LogP contribution is -2.39. The topological polar surface area (TPSA) is 26.3 Å². The number of Topliss-reactive ketones (excluding diaryl/α,β-unsaturated/α-hetero) is 1. The molecule has 86 valence electrons. The van der Waals surface area contributed by atoms with Crippen LogP contribution in [-0.2, 0) is 16.0 Å². The van der Waals surface area contributed by atoms with Crippen LogP contribution in [-0.4, -0.2) is 18.0 Å². The van der Waals surface area contributed by atoms with Gasteiger partial charge in [0.25, 0.3) is 0 Å². The van der Waals surface area contributed by atoms with E-state index in [1.165, 1.54) is 12.1 Å². The molecule has 2 nitrogen and oxygen atoms in total. The van der Waals surface area contributed by atoms with Crippen molar-refractivity contribution in [3.63, 3.8) is 0 Å². The van der Waals surface area contributed by atoms with Crippen LogP contribution in [0.25, 0.3) is 0 Å². The van der Waals surface area contributed by atoms with Gasteiger partial charge in [0.05, 0.1) is 12.2 Å². The highest BCUT2D eigenvalue weighted by Gasteiger charge is 2.32. The van der Waals surface area contributed by atoms with Crippen molar-refractivity contribution >= 4 is 5.78 Å². The van der Waals surface area contributed by atoms with E-state index < -0.39 is 5.60 Å². The number of ether oxygens (including phenoxy) is 1. The molecule has 0 aliphatic carbocycles. The van der Waals surface area contributed by atoms with Gasteiger partial charge in [-0.25, -0.2) is 4.39 Å². The second kappa shape index (κ2) is 4.34. The second-order valence-corrected chi connectivity index (χ2v) is 4.57. The number of carbonyl (C=O) groups is 1. The number of ketones is 1. The van der Waals surface area contributed by atoms with Crippen molar-refractivity contribution in [1.29, 1.82) is 0 Å². The van der Waals surface area contributed by atoms with Gasteiger partial charge in [-0.1, -0.05) is 12.1 Å². The third-order valence-corrected chi connectivity index (χ3v) is 2.87. The standard InChI is InChI=1S/C13H15FO2/c1-13(9-12(15)5-6-16-13)8-10-3-2-4-11(14)7-10/h2-4,7H,5-6,8-9H2,1H3. The summed E-state index contributed by atoms with van der Waals surface area (Å²) in [5.41, 5.74) is 0.403. The molecule has 0 N–H and O–H groups in total. The van der Waals surface area contributed by atoms with Gasteiger partial charge in [-0.3, -0.25) is 4.79 Å². The largest absolute Gasteiger partial charge is 0.374 e. The van der Waals surface area contributed by atoms with E-state index in [0.717, 1.165) is 5.56 Å². The van der Waals surface area contributed by atoms with Gasteiger partial charge in [0.2, 0.25) is 0 Å². The van der Waals surface area contributed by atoms with E-state index in [0.29, 0.717) is 25.9 Å². The molecule has 16 heavy (non-hydrogen) atoms. The van der Waals surface area contributed by atoms with Crippen molar-refractivity contribution in [2.24, 2.45) is 0 Å². The molecular weight excluding hydrogens is 207 g/mol. The molecule has 1 aliphatic rings. The maximum absolute atomic E-state index is 13.0. The van der Waals surface area contributed by atoms with Crippen LogP contribution in [0.3, 0.4) is 0 Å². The van der Waals surface area contributed by atoms with E-state index in [2.05, 4.69) is 0 Å². The third kappa shape index (κ3) is 2.67. The van der Waals surface area contributed by atoms with Gasteiger partial charge >= 0.3 is 0 Å². The summed E-state index contributed by atoms with van der Waals surface area (Å²) >= 11 is 0. The SMILES string of the molecule is CC1(Cc2cccc(F)c2)CC(=O)CCO1. The summed E-state index contributed by atoms with van der Waals surface area (Å²) in [6, 6.07) is 6.45. The summed E-state index contributed by atoms with van der Waals surface area (Å²) in [6.45, 7) is 2.39. The molecule has 0 saturated carbocycles. The fourth-order valence-corrected chi connectivity index (χ4v) is 2.16. The van der Waals surface area contributed by atoms with E-state index in [9.17, 15) is 9.18 Å². The van der Waals surface area contributed by atoms with Crippen molar-refractivity contribution in [2.45, 2.75) is 31.8 Å². The molecule has 0 spiro atoms. The molecule has 0 radical (unpaired) electrons. The summed E-state index contributed by atoms with van der Waals surface area (Å²) in [4.78, 5) is 11.4.